The Labute approximate surface area is 218 Å². The first-order valence-corrected chi connectivity index (χ1v) is 13.3. The lowest BCUT2D eigenvalue weighted by Crippen LogP contribution is -2.49. The van der Waals surface area contributed by atoms with Crippen molar-refractivity contribution in [1.29, 1.82) is 0 Å². The number of benzene rings is 1. The van der Waals surface area contributed by atoms with E-state index in [0.717, 1.165) is 31.2 Å². The molecule has 0 bridgehead atoms. The van der Waals surface area contributed by atoms with E-state index in [1.165, 1.54) is 0 Å². The zero-order valence-corrected chi connectivity index (χ0v) is 21.7. The van der Waals surface area contributed by atoms with Crippen molar-refractivity contribution >= 4 is 23.9 Å². The average molecular weight is 517 g/mol. The number of likely N-dealkylation sites (tertiary alicyclic amines) is 2. The molecular weight excluding hydrogens is 476 g/mol. The van der Waals surface area contributed by atoms with Crippen molar-refractivity contribution in [3.05, 3.63) is 35.9 Å². The Balaban J connectivity index is 1.33. The second-order valence-corrected chi connectivity index (χ2v) is 9.79. The Morgan fingerprint density at radius 2 is 1.76 bits per heavy atom. The first-order chi connectivity index (χ1) is 17.9. The second kappa shape index (κ2) is 14.6. The molecule has 0 radical (unpaired) electrons. The van der Waals surface area contributed by atoms with Gasteiger partial charge < -0.3 is 30.3 Å². The van der Waals surface area contributed by atoms with Crippen molar-refractivity contribution in [3.8, 4) is 0 Å². The Hall–Kier alpha value is -3.14. The molecule has 204 valence electrons. The molecule has 2 aliphatic rings. The molecule has 2 aliphatic heterocycles. The molecule has 37 heavy (non-hydrogen) atoms. The molecule has 0 saturated carbocycles. The zero-order chi connectivity index (χ0) is 26.6. The molecule has 1 unspecified atom stereocenters. The number of carbonyl (C=O) groups is 4. The minimum absolute atomic E-state index is 0.0145. The fourth-order valence-corrected chi connectivity index (χ4v) is 4.81. The summed E-state index contributed by atoms with van der Waals surface area (Å²) in [4.78, 5) is 52.9. The number of hydrogen-bond donors (Lipinski definition) is 2. The van der Waals surface area contributed by atoms with E-state index >= 15 is 0 Å². The van der Waals surface area contributed by atoms with E-state index < -0.39 is 12.0 Å². The highest BCUT2D eigenvalue weighted by molar-refractivity contribution is 5.82. The van der Waals surface area contributed by atoms with Gasteiger partial charge in [0.25, 0.3) is 0 Å². The number of nitrogens with two attached hydrogens (primary N) is 1. The third kappa shape index (κ3) is 9.03. The monoisotopic (exact) mass is 516 g/mol. The number of nitrogens with one attached hydrogen (secondary N) is 1. The van der Waals surface area contributed by atoms with Crippen molar-refractivity contribution in [1.82, 2.24) is 15.1 Å². The maximum atomic E-state index is 12.9. The number of piperidine rings is 2. The van der Waals surface area contributed by atoms with Crippen LogP contribution in [0.3, 0.4) is 0 Å². The van der Waals surface area contributed by atoms with Crippen LogP contribution < -0.4 is 11.1 Å². The molecule has 3 rings (SSSR count). The maximum absolute atomic E-state index is 12.9. The zero-order valence-electron chi connectivity index (χ0n) is 21.7. The fraction of sp³-hybridized carbons (Fsp3) is 0.630. The second-order valence-electron chi connectivity index (χ2n) is 9.79. The van der Waals surface area contributed by atoms with Gasteiger partial charge in [-0.2, -0.15) is 0 Å². The molecule has 3 amide bonds. The quantitative estimate of drug-likeness (QED) is 0.455. The van der Waals surface area contributed by atoms with E-state index in [1.807, 2.05) is 30.3 Å². The van der Waals surface area contributed by atoms with Gasteiger partial charge in [-0.1, -0.05) is 30.3 Å². The third-order valence-corrected chi connectivity index (χ3v) is 7.07. The molecule has 2 saturated heterocycles. The summed E-state index contributed by atoms with van der Waals surface area (Å²) >= 11 is 0. The van der Waals surface area contributed by atoms with E-state index in [4.69, 9.17) is 15.2 Å². The van der Waals surface area contributed by atoms with Gasteiger partial charge in [0.1, 0.15) is 12.6 Å². The van der Waals surface area contributed by atoms with E-state index in [1.54, 1.807) is 16.7 Å². The molecule has 10 heteroatoms. The third-order valence-electron chi connectivity index (χ3n) is 7.07. The number of carbonyl (C=O) groups excluding carboxylic acids is 4. The number of amides is 3. The van der Waals surface area contributed by atoms with Gasteiger partial charge in [0.15, 0.2) is 0 Å². The predicted octanol–water partition coefficient (Wildman–Crippen LogP) is 2.06. The number of esters is 1. The van der Waals surface area contributed by atoms with Crippen molar-refractivity contribution in [3.63, 3.8) is 0 Å². The van der Waals surface area contributed by atoms with E-state index in [0.29, 0.717) is 44.9 Å². The Morgan fingerprint density at radius 3 is 2.46 bits per heavy atom. The lowest BCUT2D eigenvalue weighted by atomic mass is 9.91. The van der Waals surface area contributed by atoms with Crippen LogP contribution in [0.2, 0.25) is 0 Å². The SMILES string of the molecule is CCOC(=O)C(N)CNC(=O)[C@@H]1CCCN(C(=O)CCC2CCN(C(=O)OCc3ccccc3)CC2)C1. The first kappa shape index (κ1) is 28.4. The molecule has 1 aromatic carbocycles. The van der Waals surface area contributed by atoms with Crippen molar-refractivity contribution < 1.29 is 28.7 Å². The summed E-state index contributed by atoms with van der Waals surface area (Å²) in [7, 11) is 0. The van der Waals surface area contributed by atoms with Crippen molar-refractivity contribution in [2.75, 3.05) is 39.3 Å². The molecule has 10 nitrogen and oxygen atoms in total. The van der Waals surface area contributed by atoms with Gasteiger partial charge in [-0.25, -0.2) is 4.79 Å². The summed E-state index contributed by atoms with van der Waals surface area (Å²) in [6.07, 6.45) is 4.07. The lowest BCUT2D eigenvalue weighted by molar-refractivity contribution is -0.144. The molecule has 0 aromatic heterocycles. The summed E-state index contributed by atoms with van der Waals surface area (Å²) in [5.74, 6) is -0.597. The van der Waals surface area contributed by atoms with Crippen LogP contribution in [0.5, 0.6) is 0 Å². The van der Waals surface area contributed by atoms with Crippen LogP contribution in [-0.2, 0) is 30.5 Å². The van der Waals surface area contributed by atoms with E-state index in [9.17, 15) is 19.2 Å². The summed E-state index contributed by atoms with van der Waals surface area (Å²) in [6, 6.07) is 8.71. The number of rotatable bonds is 10. The maximum Gasteiger partial charge on any atom is 0.410 e. The van der Waals surface area contributed by atoms with E-state index in [2.05, 4.69) is 5.32 Å². The molecule has 0 aliphatic carbocycles. The van der Waals surface area contributed by atoms with Crippen LogP contribution in [0.15, 0.2) is 30.3 Å². The van der Waals surface area contributed by atoms with Crippen molar-refractivity contribution in [2.45, 2.75) is 58.1 Å². The topological polar surface area (TPSA) is 131 Å². The highest BCUT2D eigenvalue weighted by Gasteiger charge is 2.30. The lowest BCUT2D eigenvalue weighted by Gasteiger charge is -2.34. The van der Waals surface area contributed by atoms with Crippen LogP contribution in [0.25, 0.3) is 0 Å². The number of hydrogen-bond acceptors (Lipinski definition) is 7. The smallest absolute Gasteiger partial charge is 0.410 e. The summed E-state index contributed by atoms with van der Waals surface area (Å²) in [6.45, 7) is 4.51. The van der Waals surface area contributed by atoms with Gasteiger partial charge in [0, 0.05) is 39.1 Å². The summed E-state index contributed by atoms with van der Waals surface area (Å²) < 4.78 is 10.3. The predicted molar refractivity (Wildman–Crippen MR) is 137 cm³/mol. The van der Waals surface area contributed by atoms with Gasteiger partial charge in [0.05, 0.1) is 12.5 Å². The minimum Gasteiger partial charge on any atom is -0.465 e. The van der Waals surface area contributed by atoms with Gasteiger partial charge in [0.2, 0.25) is 11.8 Å². The summed E-state index contributed by atoms with van der Waals surface area (Å²) in [5, 5.41) is 2.72. The number of nitrogens with zero attached hydrogens (tertiary/aromatic N) is 2. The van der Waals surface area contributed by atoms with Gasteiger partial charge in [-0.3, -0.25) is 14.4 Å². The Bertz CT molecular complexity index is 903. The number of ether oxygens (including phenoxy) is 2. The van der Waals surface area contributed by atoms with Crippen LogP contribution in [0.4, 0.5) is 4.79 Å². The molecule has 2 fully saturated rings. The largest absolute Gasteiger partial charge is 0.465 e. The molecule has 1 aromatic rings. The van der Waals surface area contributed by atoms with Crippen LogP contribution in [0, 0.1) is 11.8 Å². The first-order valence-electron chi connectivity index (χ1n) is 13.3. The molecule has 2 atom stereocenters. The van der Waals surface area contributed by atoms with Crippen LogP contribution in [0.1, 0.15) is 51.0 Å². The normalized spacial score (nSPS) is 19.1. The highest BCUT2D eigenvalue weighted by Crippen LogP contribution is 2.24. The van der Waals surface area contributed by atoms with Crippen molar-refractivity contribution in [2.24, 2.45) is 17.6 Å². The molecular formula is C27H40N4O6. The minimum atomic E-state index is -0.901. The van der Waals surface area contributed by atoms with Crippen LogP contribution in [-0.4, -0.2) is 79.0 Å². The van der Waals surface area contributed by atoms with Gasteiger partial charge in [-0.05, 0) is 50.5 Å². The van der Waals surface area contributed by atoms with Gasteiger partial charge in [-0.15, -0.1) is 0 Å². The molecule has 3 N–H and O–H groups in total. The highest BCUT2D eigenvalue weighted by atomic mass is 16.6. The molecule has 2 heterocycles. The standard InChI is InChI=1S/C27H40N4O6/c1-2-36-26(34)23(28)17-29-25(33)22-9-6-14-31(18-22)24(32)11-10-20-12-15-30(16-13-20)27(35)37-19-21-7-4-3-5-8-21/h3-5,7-8,20,22-23H,2,6,9-19,28H2,1H3,(H,29,33)/t22-,23?/m1/s1. The fourth-order valence-electron chi connectivity index (χ4n) is 4.81. The van der Waals surface area contributed by atoms with Crippen LogP contribution >= 0.6 is 0 Å². The van der Waals surface area contributed by atoms with Gasteiger partial charge >= 0.3 is 12.1 Å². The van der Waals surface area contributed by atoms with E-state index in [-0.39, 0.29) is 43.6 Å². The molecule has 0 spiro atoms. The summed E-state index contributed by atoms with van der Waals surface area (Å²) in [5.41, 5.74) is 6.71. The Kier molecular flexibility index (Phi) is 11.2. The average Bonchev–Trinajstić information content (AvgIpc) is 2.94. The Morgan fingerprint density at radius 1 is 1.03 bits per heavy atom.